The number of carbonyl (C=O) groups excluding carboxylic acids is 3. The molecule has 0 radical (unpaired) electrons. The van der Waals surface area contributed by atoms with Gasteiger partial charge in [0.15, 0.2) is 17.3 Å². The molecule has 432 valence electrons. The smallest absolute Gasteiger partial charge is 0.250 e. The van der Waals surface area contributed by atoms with E-state index in [9.17, 15) is 38.5 Å². The Balaban J connectivity index is 0.000000183. The molecule has 0 aliphatic heterocycles. The molecule has 3 aliphatic carbocycles. The molecular formula is C62H80Cl3F2N3O9. The summed E-state index contributed by atoms with van der Waals surface area (Å²) < 4.78 is 90.6. The van der Waals surface area contributed by atoms with Crippen molar-refractivity contribution in [2.45, 2.75) is 171 Å². The number of pyridine rings is 3. The number of ether oxygens (including phenoxy) is 3. The number of ketones is 3. The van der Waals surface area contributed by atoms with E-state index in [4.69, 9.17) is 57.2 Å². The van der Waals surface area contributed by atoms with Crippen molar-refractivity contribution in [3.8, 4) is 0 Å². The number of methoxy groups -OCH3 is 3. The molecule has 3 aliphatic rings. The van der Waals surface area contributed by atoms with Crippen LogP contribution in [0.2, 0.25) is 15.1 Å². The molecule has 6 heterocycles. The van der Waals surface area contributed by atoms with Gasteiger partial charge in [0.2, 0.25) is 0 Å². The predicted molar refractivity (Wildman–Crippen MR) is 308 cm³/mol. The number of hydrogen-bond acceptors (Lipinski definition) is 9. The molecule has 0 aromatic carbocycles. The number of fused-ring (bicyclic) bond motifs is 3. The fourth-order valence-corrected chi connectivity index (χ4v) is 13.1. The van der Waals surface area contributed by atoms with Crippen LogP contribution in [0, 0.1) is 11.8 Å². The van der Waals surface area contributed by atoms with Gasteiger partial charge in [-0.3, -0.25) is 14.4 Å². The van der Waals surface area contributed by atoms with Gasteiger partial charge in [-0.05, 0) is 124 Å². The molecule has 79 heavy (non-hydrogen) atoms. The monoisotopic (exact) mass is 1160 g/mol. The van der Waals surface area contributed by atoms with Gasteiger partial charge < -0.3 is 42.7 Å². The maximum Gasteiger partial charge on any atom is 0.250 e. The minimum atomic E-state index is -2.92. The molecule has 12 nitrogen and oxygen atoms in total. The Kier molecular flexibility index (Phi) is 19.0. The number of rotatable bonds is 21. The van der Waals surface area contributed by atoms with Gasteiger partial charge in [-0.2, -0.15) is 0 Å². The summed E-state index contributed by atoms with van der Waals surface area (Å²) >= 11 is 19.1. The summed E-state index contributed by atoms with van der Waals surface area (Å²) in [6.07, 6.45) is 15.1. The highest BCUT2D eigenvalue weighted by Gasteiger charge is 2.45. The third-order valence-corrected chi connectivity index (χ3v) is 17.1. The van der Waals surface area contributed by atoms with Gasteiger partial charge in [0, 0.05) is 125 Å². The first-order chi connectivity index (χ1) is 39.9. The molecule has 0 saturated heterocycles. The second-order valence-electron chi connectivity index (χ2n) is 22.5. The number of aliphatic hydroxyl groups is 3. The van der Waals surface area contributed by atoms with Gasteiger partial charge in [-0.25, -0.2) is 8.78 Å². The molecular weight excluding hydrogens is 1080 g/mol. The average molecular weight is 1160 g/mol. The van der Waals surface area contributed by atoms with Gasteiger partial charge in [-0.15, -0.1) is 0 Å². The molecule has 0 amide bonds. The highest BCUT2D eigenvalue weighted by Crippen LogP contribution is 2.42. The van der Waals surface area contributed by atoms with E-state index < -0.39 is 43.2 Å². The van der Waals surface area contributed by atoms with E-state index in [1.807, 2.05) is 33.2 Å². The molecule has 0 bridgehead atoms. The lowest BCUT2D eigenvalue weighted by Crippen LogP contribution is -2.41. The van der Waals surface area contributed by atoms with Crippen molar-refractivity contribution in [3.05, 3.63) is 122 Å². The molecule has 3 saturated carbocycles. The summed E-state index contributed by atoms with van der Waals surface area (Å²) in [7, 11) is -3.29. The third kappa shape index (κ3) is 16.1. The van der Waals surface area contributed by atoms with E-state index in [0.717, 1.165) is 61.9 Å². The lowest BCUT2D eigenvalue weighted by Gasteiger charge is -2.36. The van der Waals surface area contributed by atoms with Crippen molar-refractivity contribution < 1.29 is 60.9 Å². The first-order valence-electron chi connectivity index (χ1n) is 30.7. The Morgan fingerprint density at radius 1 is 0.582 bits per heavy atom. The van der Waals surface area contributed by atoms with Crippen LogP contribution in [-0.2, 0) is 33.5 Å². The number of nitrogens with zero attached hydrogens (tertiary/aromatic N) is 3. The minimum Gasteiger partial charge on any atom is -0.390 e. The Bertz CT molecular complexity index is 3280. The molecule has 5 atom stereocenters. The van der Waals surface area contributed by atoms with Crippen LogP contribution in [0.4, 0.5) is 8.78 Å². The van der Waals surface area contributed by atoms with Gasteiger partial charge in [-0.1, -0.05) is 74.3 Å². The Hall–Kier alpha value is -4.22. The van der Waals surface area contributed by atoms with E-state index in [0.29, 0.717) is 99.0 Å². The second-order valence-corrected chi connectivity index (χ2v) is 23.8. The van der Waals surface area contributed by atoms with Crippen molar-refractivity contribution in [2.24, 2.45) is 11.8 Å². The topological polar surface area (TPSA) is 153 Å². The molecule has 3 N–H and O–H groups in total. The van der Waals surface area contributed by atoms with E-state index in [-0.39, 0.29) is 75.5 Å². The molecule has 6 aromatic heterocycles. The van der Waals surface area contributed by atoms with E-state index in [1.54, 1.807) is 60.3 Å². The molecule has 17 heteroatoms. The van der Waals surface area contributed by atoms with E-state index in [1.165, 1.54) is 6.42 Å². The zero-order valence-electron chi connectivity index (χ0n) is 51.6. The van der Waals surface area contributed by atoms with Crippen LogP contribution in [-0.4, -0.2) is 110 Å². The molecule has 3 unspecified atom stereocenters. The number of alkyl halides is 2. The van der Waals surface area contributed by atoms with Crippen molar-refractivity contribution in [1.29, 1.82) is 0 Å². The maximum atomic E-state index is 13.7. The number of Topliss-reactive ketones (excluding diaryl/α,β-unsaturated/α-hetero) is 3. The van der Waals surface area contributed by atoms with Crippen LogP contribution < -0.4 is 0 Å². The van der Waals surface area contributed by atoms with Crippen LogP contribution in [0.5, 0.6) is 0 Å². The van der Waals surface area contributed by atoms with Crippen LogP contribution in [0.25, 0.3) is 16.6 Å². The van der Waals surface area contributed by atoms with Crippen LogP contribution in [0.15, 0.2) is 73.2 Å². The number of carbonyl (C=O) groups is 3. The number of hydrogen-bond donors (Lipinski definition) is 3. The van der Waals surface area contributed by atoms with Gasteiger partial charge in [0.25, 0.3) is 5.92 Å². The molecule has 3 fully saturated rings. The Labute approximate surface area is 487 Å². The van der Waals surface area contributed by atoms with Gasteiger partial charge in [0.1, 0.15) is 0 Å². The van der Waals surface area contributed by atoms with Crippen molar-refractivity contribution in [1.82, 2.24) is 13.2 Å². The fourth-order valence-electron chi connectivity index (χ4n) is 12.3. The van der Waals surface area contributed by atoms with E-state index in [2.05, 4.69) is 13.8 Å². The van der Waals surface area contributed by atoms with Gasteiger partial charge >= 0.3 is 0 Å². The predicted octanol–water partition coefficient (Wildman–Crippen LogP) is 14.1. The zero-order chi connectivity index (χ0) is 62.1. The summed E-state index contributed by atoms with van der Waals surface area (Å²) in [5.74, 6) is -2.26. The van der Waals surface area contributed by atoms with Crippen molar-refractivity contribution >= 4 is 68.7 Å². The fraction of sp³-hybridized carbons (Fsp3) is 0.565. The minimum absolute atomic E-state index is 0.0143. The zero-order valence-corrected chi connectivity index (χ0v) is 47.8. The Morgan fingerprint density at radius 2 is 0.937 bits per heavy atom. The summed E-state index contributed by atoms with van der Waals surface area (Å²) in [5, 5.41) is 33.6. The van der Waals surface area contributed by atoms with Crippen LogP contribution in [0.1, 0.15) is 186 Å². The highest BCUT2D eigenvalue weighted by molar-refractivity contribution is 6.36. The largest absolute Gasteiger partial charge is 0.390 e. The summed E-state index contributed by atoms with van der Waals surface area (Å²) in [6, 6.07) is 15.8. The van der Waals surface area contributed by atoms with Gasteiger partial charge in [0.05, 0.1) is 76.5 Å². The maximum absolute atomic E-state index is 13.7. The third-order valence-electron chi connectivity index (χ3n) is 16.2. The normalized spacial score (nSPS) is 24.5. The first kappa shape index (κ1) is 54.1. The summed E-state index contributed by atoms with van der Waals surface area (Å²) in [6.45, 7) is 4.84. The van der Waals surface area contributed by atoms with E-state index >= 15 is 0 Å². The number of aromatic nitrogens is 3. The summed E-state index contributed by atoms with van der Waals surface area (Å²) in [4.78, 5) is 38.9. The first-order valence-corrected chi connectivity index (χ1v) is 28.8. The summed E-state index contributed by atoms with van der Waals surface area (Å²) in [5.41, 5.74) is 2.69. The second kappa shape index (κ2) is 27.7. The SMILES string of the molecule is COCCc1cc(C(=O)CC[C@@]2(O)CCC[C@@H](C)C2)c2c(Cl)cccn12.[2H]C([2H])([2H])OCCc1cc(C(=O)CCC2(O)CCCC(C)C2)c2c(Cl)cccn12.[2H]C([2H])([2H])OCCc1cc(C(=O)CCC2(O)CCCC(F)(F)C2)c2c(Cl)cccn12. The average Bonchev–Trinajstić information content (AvgIpc) is 2.04. The lowest BCUT2D eigenvalue weighted by atomic mass is 9.76. The van der Waals surface area contributed by atoms with Crippen LogP contribution in [0.3, 0.4) is 0 Å². The molecule has 9 rings (SSSR count). The quantitative estimate of drug-likeness (QED) is 0.0598. The van der Waals surface area contributed by atoms with Crippen LogP contribution >= 0.6 is 34.8 Å². The Morgan fingerprint density at radius 3 is 1.28 bits per heavy atom. The van der Waals surface area contributed by atoms with Crippen molar-refractivity contribution in [3.63, 3.8) is 0 Å². The molecule has 0 spiro atoms. The lowest BCUT2D eigenvalue weighted by molar-refractivity contribution is -0.126. The van der Waals surface area contributed by atoms with Crippen molar-refractivity contribution in [2.75, 3.05) is 41.0 Å². The molecule has 6 aromatic rings. The number of halogens is 5. The standard InChI is InChI=1S/2C21H28ClNO3.C20H24ClF2NO3/c2*1-15-5-3-9-21(25,14-15)10-7-19(24)17-13-16(8-12-26-2)23-11-4-6-18(22)20(17)23;1-27-11-6-14-12-15(18-16(21)4-2-10-24(14)18)17(25)5-9-19(26)7-3-8-20(22,23)13-19/h2*4,6,11,13,15,25H,3,5,7-10,12,14H2,1-2H3;2,4,10,12,26H,3,5-9,11,13H2,1H3/t15-,21+;;/m1../s1/i;2D3;1D3. The highest BCUT2D eigenvalue weighted by atomic mass is 35.5.